The van der Waals surface area contributed by atoms with Gasteiger partial charge in [0.25, 0.3) is 0 Å². The van der Waals surface area contributed by atoms with E-state index in [-0.39, 0.29) is 17.4 Å². The number of anilines is 1. The number of benzene rings is 2. The Kier molecular flexibility index (Phi) is 5.64. The molecule has 1 fully saturated rings. The number of likely N-dealkylation sites (N-methyl/N-ethyl adjacent to an activating group) is 1. The molecular formula is C23H29N3O2. The maximum Gasteiger partial charge on any atom is 0.242 e. The topological polar surface area (TPSA) is 53.6 Å². The molecular weight excluding hydrogens is 350 g/mol. The molecule has 2 aromatic carbocycles. The number of hydrogen-bond acceptors (Lipinski definition) is 4. The molecule has 1 amide bonds. The number of fused-ring (bicyclic) bond motifs is 2. The lowest BCUT2D eigenvalue weighted by Crippen LogP contribution is -2.53. The van der Waals surface area contributed by atoms with Crippen molar-refractivity contribution in [3.8, 4) is 0 Å². The van der Waals surface area contributed by atoms with Crippen LogP contribution in [0.5, 0.6) is 0 Å². The zero-order valence-electron chi connectivity index (χ0n) is 16.5. The summed E-state index contributed by atoms with van der Waals surface area (Å²) in [6.07, 6.45) is 2.01. The summed E-state index contributed by atoms with van der Waals surface area (Å²) >= 11 is 0. The van der Waals surface area contributed by atoms with Gasteiger partial charge in [-0.2, -0.15) is 0 Å². The van der Waals surface area contributed by atoms with Crippen LogP contribution in [0.2, 0.25) is 0 Å². The Hall–Kier alpha value is -2.37. The van der Waals surface area contributed by atoms with E-state index in [0.29, 0.717) is 13.2 Å². The normalized spacial score (nSPS) is 18.5. The van der Waals surface area contributed by atoms with Gasteiger partial charge in [-0.25, -0.2) is 0 Å². The number of piperidine rings is 1. The monoisotopic (exact) mass is 379 g/mol. The second-order valence-electron chi connectivity index (χ2n) is 7.85. The number of likely N-dealkylation sites (tertiary alicyclic amines) is 1. The quantitative estimate of drug-likeness (QED) is 0.810. The molecule has 2 aliphatic rings. The van der Waals surface area contributed by atoms with Crippen LogP contribution in [0.3, 0.4) is 0 Å². The second-order valence-corrected chi connectivity index (χ2v) is 7.85. The summed E-state index contributed by atoms with van der Waals surface area (Å²) in [7, 11) is 1.83. The van der Waals surface area contributed by atoms with Crippen LogP contribution in [0, 0.1) is 0 Å². The molecule has 0 saturated carbocycles. The molecule has 1 saturated heterocycles. The van der Waals surface area contributed by atoms with Crippen LogP contribution >= 0.6 is 0 Å². The van der Waals surface area contributed by atoms with Crippen molar-refractivity contribution in [3.63, 3.8) is 0 Å². The Bertz CT molecular complexity index is 801. The molecule has 1 atom stereocenters. The van der Waals surface area contributed by atoms with Gasteiger partial charge in [0.2, 0.25) is 5.91 Å². The Labute approximate surface area is 167 Å². The van der Waals surface area contributed by atoms with Gasteiger partial charge in [-0.05, 0) is 37.1 Å². The van der Waals surface area contributed by atoms with Gasteiger partial charge in [-0.15, -0.1) is 0 Å². The van der Waals surface area contributed by atoms with Gasteiger partial charge in [-0.1, -0.05) is 48.5 Å². The molecule has 0 bridgehead atoms. The molecule has 0 radical (unpaired) electrons. The summed E-state index contributed by atoms with van der Waals surface area (Å²) in [6.45, 7) is 3.48. The molecule has 28 heavy (non-hydrogen) atoms. The Morgan fingerprint density at radius 2 is 1.86 bits per heavy atom. The van der Waals surface area contributed by atoms with Gasteiger partial charge in [0.1, 0.15) is 6.04 Å². The van der Waals surface area contributed by atoms with Crippen LogP contribution in [-0.4, -0.2) is 50.1 Å². The number of rotatable bonds is 6. The molecule has 1 spiro atoms. The molecule has 0 aromatic heterocycles. The van der Waals surface area contributed by atoms with Crippen molar-refractivity contribution in [3.05, 3.63) is 65.7 Å². The van der Waals surface area contributed by atoms with Crippen molar-refractivity contribution in [2.75, 3.05) is 38.6 Å². The number of carbonyl (C=O) groups is 1. The maximum atomic E-state index is 13.0. The number of carbonyl (C=O) groups excluding carboxylic acids is 1. The zero-order chi connectivity index (χ0) is 19.4. The van der Waals surface area contributed by atoms with Crippen molar-refractivity contribution in [2.24, 2.45) is 0 Å². The smallest absolute Gasteiger partial charge is 0.242 e. The average molecular weight is 380 g/mol. The Morgan fingerprint density at radius 1 is 1.14 bits per heavy atom. The van der Waals surface area contributed by atoms with Crippen LogP contribution in [0.4, 0.5) is 5.69 Å². The van der Waals surface area contributed by atoms with E-state index >= 15 is 0 Å². The molecule has 0 aliphatic carbocycles. The lowest BCUT2D eigenvalue weighted by Gasteiger charge is -2.40. The first-order chi connectivity index (χ1) is 13.7. The fraction of sp³-hybridized carbons (Fsp3) is 0.435. The third-order valence-electron chi connectivity index (χ3n) is 6.19. The number of nitrogens with zero attached hydrogens (tertiary/aromatic N) is 1. The van der Waals surface area contributed by atoms with Crippen molar-refractivity contribution >= 4 is 11.6 Å². The zero-order valence-corrected chi connectivity index (χ0v) is 16.5. The van der Waals surface area contributed by atoms with Gasteiger partial charge >= 0.3 is 0 Å². The molecule has 2 N–H and O–H groups in total. The van der Waals surface area contributed by atoms with Crippen molar-refractivity contribution in [1.82, 2.24) is 10.2 Å². The number of para-hydroxylation sites is 1. The fourth-order valence-electron chi connectivity index (χ4n) is 4.43. The van der Waals surface area contributed by atoms with E-state index in [2.05, 4.69) is 34.9 Å². The van der Waals surface area contributed by atoms with Crippen LogP contribution in [-0.2, 0) is 21.6 Å². The van der Waals surface area contributed by atoms with Crippen LogP contribution < -0.4 is 10.6 Å². The van der Waals surface area contributed by atoms with E-state index in [1.807, 2.05) is 42.3 Å². The Balaban J connectivity index is 1.31. The third-order valence-corrected chi connectivity index (χ3v) is 6.19. The van der Waals surface area contributed by atoms with Gasteiger partial charge in [0.05, 0.1) is 13.2 Å². The fourth-order valence-corrected chi connectivity index (χ4v) is 4.43. The van der Waals surface area contributed by atoms with Gasteiger partial charge in [0, 0.05) is 30.7 Å². The first-order valence-corrected chi connectivity index (χ1v) is 10.1. The Morgan fingerprint density at radius 3 is 2.61 bits per heavy atom. The number of ether oxygens (including phenoxy) is 1. The minimum atomic E-state index is -0.299. The first kappa shape index (κ1) is 19.0. The minimum absolute atomic E-state index is 0.143. The molecule has 4 rings (SSSR count). The number of amides is 1. The van der Waals surface area contributed by atoms with E-state index in [1.165, 1.54) is 11.3 Å². The molecule has 2 aliphatic heterocycles. The highest BCUT2D eigenvalue weighted by Crippen LogP contribution is 2.43. The van der Waals surface area contributed by atoms with Gasteiger partial charge < -0.3 is 20.3 Å². The molecule has 2 heterocycles. The summed E-state index contributed by atoms with van der Waals surface area (Å²) in [5.41, 5.74) is 3.96. The van der Waals surface area contributed by atoms with Gasteiger partial charge in [-0.3, -0.25) is 4.79 Å². The van der Waals surface area contributed by atoms with E-state index < -0.39 is 0 Å². The molecule has 5 heteroatoms. The predicted molar refractivity (Wildman–Crippen MR) is 111 cm³/mol. The largest absolute Gasteiger partial charge is 0.384 e. The average Bonchev–Trinajstić information content (AvgIpc) is 3.10. The summed E-state index contributed by atoms with van der Waals surface area (Å²) < 4.78 is 5.80. The third kappa shape index (κ3) is 3.77. The highest BCUT2D eigenvalue weighted by atomic mass is 16.5. The van der Waals surface area contributed by atoms with Crippen LogP contribution in [0.25, 0.3) is 0 Å². The molecule has 1 unspecified atom stereocenters. The predicted octanol–water partition coefficient (Wildman–Crippen LogP) is 2.78. The van der Waals surface area contributed by atoms with Crippen LogP contribution in [0.15, 0.2) is 54.6 Å². The summed E-state index contributed by atoms with van der Waals surface area (Å²) in [4.78, 5) is 15.0. The van der Waals surface area contributed by atoms with E-state index in [1.54, 1.807) is 0 Å². The minimum Gasteiger partial charge on any atom is -0.384 e. The van der Waals surface area contributed by atoms with Crippen molar-refractivity contribution < 1.29 is 9.53 Å². The molecule has 2 aromatic rings. The second kappa shape index (κ2) is 8.33. The van der Waals surface area contributed by atoms with Gasteiger partial charge in [0.15, 0.2) is 0 Å². The highest BCUT2D eigenvalue weighted by Gasteiger charge is 2.42. The first-order valence-electron chi connectivity index (χ1n) is 10.1. The highest BCUT2D eigenvalue weighted by molar-refractivity contribution is 5.82. The molecule has 5 nitrogen and oxygen atoms in total. The van der Waals surface area contributed by atoms with Crippen LogP contribution in [0.1, 0.15) is 24.0 Å². The summed E-state index contributed by atoms with van der Waals surface area (Å²) in [6, 6.07) is 18.3. The van der Waals surface area contributed by atoms with E-state index in [0.717, 1.165) is 38.0 Å². The maximum absolute atomic E-state index is 13.0. The van der Waals surface area contributed by atoms with Crippen molar-refractivity contribution in [2.45, 2.75) is 30.9 Å². The SMILES string of the molecule is CNC(COCc1ccccc1)C(=O)N1CCC2(CC1)CNc1ccccc12. The van der Waals surface area contributed by atoms with Crippen molar-refractivity contribution in [1.29, 1.82) is 0 Å². The number of hydrogen-bond donors (Lipinski definition) is 2. The number of nitrogens with one attached hydrogen (secondary N) is 2. The standard InChI is InChI=1S/C23H29N3O2/c1-24-21(16-28-15-18-7-3-2-4-8-18)22(27)26-13-11-23(12-14-26)17-25-20-10-6-5-9-19(20)23/h2-10,21,24-25H,11-17H2,1H3. The molecule has 148 valence electrons. The lowest BCUT2D eigenvalue weighted by atomic mass is 9.74. The van der Waals surface area contributed by atoms with E-state index in [9.17, 15) is 4.79 Å². The summed E-state index contributed by atoms with van der Waals surface area (Å²) in [5.74, 6) is 0.143. The lowest BCUT2D eigenvalue weighted by molar-refractivity contribution is -0.136. The van der Waals surface area contributed by atoms with E-state index in [4.69, 9.17) is 4.74 Å². The summed E-state index contributed by atoms with van der Waals surface area (Å²) in [5, 5.41) is 6.68.